The van der Waals surface area contributed by atoms with Gasteiger partial charge in [0.2, 0.25) is 5.91 Å². The predicted octanol–water partition coefficient (Wildman–Crippen LogP) is 1.32. The zero-order valence-electron chi connectivity index (χ0n) is 9.57. The van der Waals surface area contributed by atoms with Gasteiger partial charge in [0.1, 0.15) is 5.41 Å². The number of rotatable bonds is 1. The number of hydrogen-bond acceptors (Lipinski definition) is 3. The molecule has 0 atom stereocenters. The fourth-order valence-corrected chi connectivity index (χ4v) is 2.60. The van der Waals surface area contributed by atoms with Crippen molar-refractivity contribution in [3.63, 3.8) is 0 Å². The summed E-state index contributed by atoms with van der Waals surface area (Å²) in [7, 11) is 0. The second-order valence-electron chi connectivity index (χ2n) is 4.66. The average molecular weight is 222 g/mol. The molecular formula is C12H18N2O2. The maximum absolute atomic E-state index is 12.4. The van der Waals surface area contributed by atoms with E-state index >= 15 is 0 Å². The lowest BCUT2D eigenvalue weighted by Gasteiger charge is -2.36. The maximum atomic E-state index is 12.4. The Balaban J connectivity index is 2.08. The summed E-state index contributed by atoms with van der Waals surface area (Å²) in [5.41, 5.74) is -0.727. The van der Waals surface area contributed by atoms with Gasteiger partial charge in [-0.1, -0.05) is 19.3 Å². The molecule has 0 bridgehead atoms. The molecule has 2 fully saturated rings. The normalized spacial score (nSPS) is 24.8. The minimum atomic E-state index is -0.727. The molecule has 0 aromatic carbocycles. The van der Waals surface area contributed by atoms with E-state index in [2.05, 4.69) is 6.07 Å². The van der Waals surface area contributed by atoms with Gasteiger partial charge in [-0.15, -0.1) is 0 Å². The number of nitriles is 1. The maximum Gasteiger partial charge on any atom is 0.243 e. The number of carbonyl (C=O) groups is 1. The topological polar surface area (TPSA) is 53.3 Å². The molecule has 0 unspecified atom stereocenters. The van der Waals surface area contributed by atoms with E-state index in [1.165, 1.54) is 0 Å². The van der Waals surface area contributed by atoms with Crippen molar-refractivity contribution >= 4 is 5.91 Å². The van der Waals surface area contributed by atoms with Crippen LogP contribution in [0.25, 0.3) is 0 Å². The van der Waals surface area contributed by atoms with E-state index in [9.17, 15) is 10.1 Å². The lowest BCUT2D eigenvalue weighted by atomic mass is 9.74. The van der Waals surface area contributed by atoms with Crippen molar-refractivity contribution in [2.45, 2.75) is 32.1 Å². The van der Waals surface area contributed by atoms with Crippen molar-refractivity contribution < 1.29 is 9.53 Å². The predicted molar refractivity (Wildman–Crippen MR) is 58.5 cm³/mol. The number of morpholine rings is 1. The molecule has 0 spiro atoms. The average Bonchev–Trinajstić information content (AvgIpc) is 2.39. The van der Waals surface area contributed by atoms with Crippen LogP contribution in [0.5, 0.6) is 0 Å². The van der Waals surface area contributed by atoms with Gasteiger partial charge in [0.05, 0.1) is 19.3 Å². The number of hydrogen-bond donors (Lipinski definition) is 0. The summed E-state index contributed by atoms with van der Waals surface area (Å²) < 4.78 is 5.23. The zero-order chi connectivity index (χ0) is 11.4. The lowest BCUT2D eigenvalue weighted by molar-refractivity contribution is -0.144. The highest BCUT2D eigenvalue weighted by Crippen LogP contribution is 2.37. The van der Waals surface area contributed by atoms with Crippen LogP contribution in [0.4, 0.5) is 0 Å². The number of amides is 1. The quantitative estimate of drug-likeness (QED) is 0.672. The largest absolute Gasteiger partial charge is 0.378 e. The van der Waals surface area contributed by atoms with Crippen LogP contribution in [0, 0.1) is 16.7 Å². The first-order chi connectivity index (χ1) is 7.78. The van der Waals surface area contributed by atoms with E-state index < -0.39 is 5.41 Å². The Morgan fingerprint density at radius 2 is 1.81 bits per heavy atom. The van der Waals surface area contributed by atoms with E-state index in [1.807, 2.05) is 0 Å². The first-order valence-corrected chi connectivity index (χ1v) is 6.07. The van der Waals surface area contributed by atoms with Gasteiger partial charge < -0.3 is 9.64 Å². The van der Waals surface area contributed by atoms with Crippen LogP contribution in [-0.4, -0.2) is 37.1 Å². The van der Waals surface area contributed by atoms with Gasteiger partial charge in [-0.2, -0.15) is 5.26 Å². The molecule has 1 heterocycles. The summed E-state index contributed by atoms with van der Waals surface area (Å²) in [6.07, 6.45) is 4.63. The monoisotopic (exact) mass is 222 g/mol. The molecule has 0 aromatic heterocycles. The number of nitrogens with zero attached hydrogens (tertiary/aromatic N) is 2. The fraction of sp³-hybridized carbons (Fsp3) is 0.833. The van der Waals surface area contributed by atoms with E-state index in [0.717, 1.165) is 32.1 Å². The summed E-state index contributed by atoms with van der Waals surface area (Å²) >= 11 is 0. The molecule has 16 heavy (non-hydrogen) atoms. The van der Waals surface area contributed by atoms with Gasteiger partial charge in [0.15, 0.2) is 0 Å². The summed E-state index contributed by atoms with van der Waals surface area (Å²) in [6.45, 7) is 2.49. The van der Waals surface area contributed by atoms with Crippen LogP contribution in [-0.2, 0) is 9.53 Å². The molecule has 0 N–H and O–H groups in total. The highest BCUT2D eigenvalue weighted by Gasteiger charge is 2.42. The minimum absolute atomic E-state index is 0.0398. The first kappa shape index (κ1) is 11.4. The van der Waals surface area contributed by atoms with Crippen LogP contribution in [0.1, 0.15) is 32.1 Å². The Morgan fingerprint density at radius 3 is 2.38 bits per heavy atom. The third kappa shape index (κ3) is 2.05. The minimum Gasteiger partial charge on any atom is -0.378 e. The summed E-state index contributed by atoms with van der Waals surface area (Å²) in [6, 6.07) is 2.28. The first-order valence-electron chi connectivity index (χ1n) is 6.07. The second kappa shape index (κ2) is 4.84. The van der Waals surface area contributed by atoms with Crippen LogP contribution in [0.3, 0.4) is 0 Å². The van der Waals surface area contributed by atoms with Gasteiger partial charge in [-0.3, -0.25) is 4.79 Å². The molecule has 2 aliphatic rings. The van der Waals surface area contributed by atoms with Gasteiger partial charge in [-0.05, 0) is 12.8 Å². The van der Waals surface area contributed by atoms with Crippen molar-refractivity contribution in [1.82, 2.24) is 4.90 Å². The smallest absolute Gasteiger partial charge is 0.243 e. The van der Waals surface area contributed by atoms with Crippen LogP contribution < -0.4 is 0 Å². The SMILES string of the molecule is N#CC1(C(=O)N2CCOCC2)CCCCC1. The second-order valence-corrected chi connectivity index (χ2v) is 4.66. The van der Waals surface area contributed by atoms with Gasteiger partial charge in [-0.25, -0.2) is 0 Å². The summed E-state index contributed by atoms with van der Waals surface area (Å²) in [5, 5.41) is 9.31. The van der Waals surface area contributed by atoms with Crippen LogP contribution in [0.15, 0.2) is 0 Å². The Kier molecular flexibility index (Phi) is 3.45. The Morgan fingerprint density at radius 1 is 1.19 bits per heavy atom. The van der Waals surface area contributed by atoms with E-state index in [4.69, 9.17) is 4.74 Å². The molecule has 88 valence electrons. The third-order valence-electron chi connectivity index (χ3n) is 3.63. The number of carbonyl (C=O) groups excluding carboxylic acids is 1. The third-order valence-corrected chi connectivity index (χ3v) is 3.63. The fourth-order valence-electron chi connectivity index (χ4n) is 2.60. The zero-order valence-corrected chi connectivity index (χ0v) is 9.57. The molecule has 0 aromatic rings. The summed E-state index contributed by atoms with van der Waals surface area (Å²) in [4.78, 5) is 14.2. The standard InChI is InChI=1S/C12H18N2O2/c13-10-12(4-2-1-3-5-12)11(15)14-6-8-16-9-7-14/h1-9H2. The molecule has 1 saturated carbocycles. The van der Waals surface area contributed by atoms with Crippen molar-refractivity contribution in [3.05, 3.63) is 0 Å². The molecule has 1 saturated heterocycles. The Hall–Kier alpha value is -1.08. The van der Waals surface area contributed by atoms with Gasteiger partial charge in [0.25, 0.3) is 0 Å². The van der Waals surface area contributed by atoms with Crippen LogP contribution >= 0.6 is 0 Å². The highest BCUT2D eigenvalue weighted by atomic mass is 16.5. The Bertz CT molecular complexity index is 297. The Labute approximate surface area is 96.2 Å². The molecule has 1 aliphatic heterocycles. The molecule has 2 rings (SSSR count). The molecule has 4 heteroatoms. The highest BCUT2D eigenvalue weighted by molar-refractivity contribution is 5.85. The van der Waals surface area contributed by atoms with E-state index in [1.54, 1.807) is 4.90 Å². The molecule has 1 aliphatic carbocycles. The lowest BCUT2D eigenvalue weighted by Crippen LogP contribution is -2.49. The molecule has 4 nitrogen and oxygen atoms in total. The molecule has 1 amide bonds. The van der Waals surface area contributed by atoms with Gasteiger partial charge in [0, 0.05) is 13.1 Å². The molecular weight excluding hydrogens is 204 g/mol. The van der Waals surface area contributed by atoms with Gasteiger partial charge >= 0.3 is 0 Å². The van der Waals surface area contributed by atoms with Crippen LogP contribution in [0.2, 0.25) is 0 Å². The van der Waals surface area contributed by atoms with Crippen molar-refractivity contribution in [2.24, 2.45) is 5.41 Å². The van der Waals surface area contributed by atoms with Crippen molar-refractivity contribution in [1.29, 1.82) is 5.26 Å². The summed E-state index contributed by atoms with van der Waals surface area (Å²) in [5.74, 6) is 0.0398. The van der Waals surface area contributed by atoms with E-state index in [0.29, 0.717) is 26.3 Å². The van der Waals surface area contributed by atoms with Crippen molar-refractivity contribution in [3.8, 4) is 6.07 Å². The van der Waals surface area contributed by atoms with Crippen molar-refractivity contribution in [2.75, 3.05) is 26.3 Å². The van der Waals surface area contributed by atoms with E-state index in [-0.39, 0.29) is 5.91 Å². The molecule has 0 radical (unpaired) electrons. The number of ether oxygens (including phenoxy) is 1.